The summed E-state index contributed by atoms with van der Waals surface area (Å²) in [6.07, 6.45) is 0.898. The first-order valence-electron chi connectivity index (χ1n) is 8.81. The van der Waals surface area contributed by atoms with Crippen molar-refractivity contribution in [2.45, 2.75) is 33.2 Å². The first kappa shape index (κ1) is 17.2. The zero-order valence-electron chi connectivity index (χ0n) is 15.2. The van der Waals surface area contributed by atoms with Crippen molar-refractivity contribution in [1.82, 2.24) is 0 Å². The van der Waals surface area contributed by atoms with Crippen molar-refractivity contribution in [2.24, 2.45) is 5.73 Å². The van der Waals surface area contributed by atoms with Crippen molar-refractivity contribution < 1.29 is 0 Å². The molecular formula is C23H26N2. The van der Waals surface area contributed by atoms with E-state index in [0.717, 1.165) is 23.5 Å². The van der Waals surface area contributed by atoms with Gasteiger partial charge in [0.2, 0.25) is 0 Å². The molecular weight excluding hydrogens is 304 g/mol. The van der Waals surface area contributed by atoms with Crippen LogP contribution in [0.15, 0.2) is 72.8 Å². The molecule has 2 N–H and O–H groups in total. The quantitative estimate of drug-likeness (QED) is 0.653. The van der Waals surface area contributed by atoms with Gasteiger partial charge in [-0.15, -0.1) is 0 Å². The predicted molar refractivity (Wildman–Crippen MR) is 108 cm³/mol. The van der Waals surface area contributed by atoms with E-state index in [2.05, 4.69) is 91.5 Å². The van der Waals surface area contributed by atoms with Crippen LogP contribution in [-0.4, -0.2) is 6.04 Å². The van der Waals surface area contributed by atoms with E-state index in [9.17, 15) is 0 Å². The molecule has 1 unspecified atom stereocenters. The summed E-state index contributed by atoms with van der Waals surface area (Å²) < 4.78 is 0. The summed E-state index contributed by atoms with van der Waals surface area (Å²) in [4.78, 5) is 2.29. The fourth-order valence-corrected chi connectivity index (χ4v) is 2.99. The molecule has 3 rings (SSSR count). The lowest BCUT2D eigenvalue weighted by Crippen LogP contribution is -2.17. The zero-order valence-corrected chi connectivity index (χ0v) is 15.2. The number of hydrogen-bond acceptors (Lipinski definition) is 2. The average molecular weight is 330 g/mol. The zero-order chi connectivity index (χ0) is 17.8. The molecule has 3 aromatic carbocycles. The molecule has 0 radical (unpaired) electrons. The molecule has 0 bridgehead atoms. The van der Waals surface area contributed by atoms with Gasteiger partial charge in [-0.05, 0) is 69.2 Å². The van der Waals surface area contributed by atoms with Crippen molar-refractivity contribution in [3.05, 3.63) is 89.5 Å². The summed E-state index contributed by atoms with van der Waals surface area (Å²) in [7, 11) is 0. The van der Waals surface area contributed by atoms with Gasteiger partial charge in [-0.25, -0.2) is 0 Å². The van der Waals surface area contributed by atoms with E-state index in [1.165, 1.54) is 16.7 Å². The maximum Gasteiger partial charge on any atom is 0.0461 e. The minimum atomic E-state index is 0.177. The fraction of sp³-hybridized carbons (Fsp3) is 0.217. The molecule has 2 heteroatoms. The standard InChI is InChI=1S/C23H26N2/c1-17-4-10-21(11-5-17)25(22-12-6-18(2)7-13-22)23-14-8-20(9-15-23)16-19(3)24/h4-15,19H,16,24H2,1-3H3. The van der Waals surface area contributed by atoms with Crippen LogP contribution in [0.5, 0.6) is 0 Å². The van der Waals surface area contributed by atoms with E-state index in [4.69, 9.17) is 5.73 Å². The number of anilines is 3. The highest BCUT2D eigenvalue weighted by Gasteiger charge is 2.12. The Morgan fingerprint density at radius 3 is 1.40 bits per heavy atom. The van der Waals surface area contributed by atoms with Crippen molar-refractivity contribution in [3.8, 4) is 0 Å². The lowest BCUT2D eigenvalue weighted by molar-refractivity contribution is 0.738. The van der Waals surface area contributed by atoms with Gasteiger partial charge in [0.1, 0.15) is 0 Å². The maximum absolute atomic E-state index is 5.92. The normalized spacial score (nSPS) is 12.0. The fourth-order valence-electron chi connectivity index (χ4n) is 2.99. The minimum absolute atomic E-state index is 0.177. The predicted octanol–water partition coefficient (Wildman–Crippen LogP) is 5.66. The molecule has 0 aliphatic heterocycles. The highest BCUT2D eigenvalue weighted by molar-refractivity contribution is 5.76. The number of aryl methyl sites for hydroxylation is 2. The molecule has 0 fully saturated rings. The van der Waals surface area contributed by atoms with E-state index < -0.39 is 0 Å². The Kier molecular flexibility index (Phi) is 5.20. The van der Waals surface area contributed by atoms with Crippen LogP contribution in [0.1, 0.15) is 23.6 Å². The van der Waals surface area contributed by atoms with Crippen molar-refractivity contribution in [1.29, 1.82) is 0 Å². The van der Waals surface area contributed by atoms with Gasteiger partial charge in [-0.1, -0.05) is 47.5 Å². The smallest absolute Gasteiger partial charge is 0.0461 e. The molecule has 1 atom stereocenters. The van der Waals surface area contributed by atoms with Crippen molar-refractivity contribution >= 4 is 17.1 Å². The molecule has 0 spiro atoms. The van der Waals surface area contributed by atoms with Gasteiger partial charge in [0.25, 0.3) is 0 Å². The first-order valence-corrected chi connectivity index (χ1v) is 8.81. The Balaban J connectivity index is 2.01. The number of nitrogens with two attached hydrogens (primary N) is 1. The van der Waals surface area contributed by atoms with Gasteiger partial charge >= 0.3 is 0 Å². The third-order valence-corrected chi connectivity index (χ3v) is 4.34. The SMILES string of the molecule is Cc1ccc(N(c2ccc(C)cc2)c2ccc(CC(C)N)cc2)cc1. The molecule has 3 aromatic rings. The second kappa shape index (κ2) is 7.54. The highest BCUT2D eigenvalue weighted by atomic mass is 15.1. The van der Waals surface area contributed by atoms with Gasteiger partial charge in [0.15, 0.2) is 0 Å². The van der Waals surface area contributed by atoms with E-state index in [0.29, 0.717) is 0 Å². The Hall–Kier alpha value is -2.58. The maximum atomic E-state index is 5.92. The Morgan fingerprint density at radius 2 is 1.04 bits per heavy atom. The van der Waals surface area contributed by atoms with Gasteiger partial charge in [-0.3, -0.25) is 0 Å². The Bertz CT molecular complexity index is 755. The molecule has 0 aromatic heterocycles. The number of rotatable bonds is 5. The van der Waals surface area contributed by atoms with Crippen LogP contribution in [-0.2, 0) is 6.42 Å². The second-order valence-electron chi connectivity index (χ2n) is 6.85. The lowest BCUT2D eigenvalue weighted by atomic mass is 10.1. The molecule has 0 amide bonds. The van der Waals surface area contributed by atoms with E-state index >= 15 is 0 Å². The number of benzene rings is 3. The van der Waals surface area contributed by atoms with Crippen LogP contribution in [0, 0.1) is 13.8 Å². The largest absolute Gasteiger partial charge is 0.328 e. The molecule has 2 nitrogen and oxygen atoms in total. The summed E-state index contributed by atoms with van der Waals surface area (Å²) in [6.45, 7) is 6.27. The Labute approximate surface area is 150 Å². The van der Waals surface area contributed by atoms with Crippen LogP contribution in [0.2, 0.25) is 0 Å². The minimum Gasteiger partial charge on any atom is -0.328 e. The number of nitrogens with zero attached hydrogens (tertiary/aromatic N) is 1. The molecule has 0 heterocycles. The van der Waals surface area contributed by atoms with Crippen molar-refractivity contribution in [3.63, 3.8) is 0 Å². The summed E-state index contributed by atoms with van der Waals surface area (Å²) in [5, 5.41) is 0. The summed E-state index contributed by atoms with van der Waals surface area (Å²) in [5.74, 6) is 0. The van der Waals surface area contributed by atoms with Crippen LogP contribution in [0.3, 0.4) is 0 Å². The van der Waals surface area contributed by atoms with Crippen molar-refractivity contribution in [2.75, 3.05) is 4.90 Å². The monoisotopic (exact) mass is 330 g/mol. The second-order valence-corrected chi connectivity index (χ2v) is 6.85. The Morgan fingerprint density at radius 1 is 0.680 bits per heavy atom. The number of hydrogen-bond donors (Lipinski definition) is 1. The molecule has 0 aliphatic rings. The van der Waals surface area contributed by atoms with Gasteiger partial charge in [0, 0.05) is 23.1 Å². The van der Waals surface area contributed by atoms with Gasteiger partial charge < -0.3 is 10.6 Å². The van der Waals surface area contributed by atoms with Crippen LogP contribution in [0.4, 0.5) is 17.1 Å². The molecule has 128 valence electrons. The van der Waals surface area contributed by atoms with Gasteiger partial charge in [0.05, 0.1) is 0 Å². The van der Waals surface area contributed by atoms with Crippen LogP contribution in [0.25, 0.3) is 0 Å². The lowest BCUT2D eigenvalue weighted by Gasteiger charge is -2.26. The first-order chi connectivity index (χ1) is 12.0. The van der Waals surface area contributed by atoms with E-state index in [-0.39, 0.29) is 6.04 Å². The summed E-state index contributed by atoms with van der Waals surface area (Å²) in [6, 6.07) is 26.2. The van der Waals surface area contributed by atoms with Gasteiger partial charge in [-0.2, -0.15) is 0 Å². The van der Waals surface area contributed by atoms with E-state index in [1.807, 2.05) is 6.92 Å². The molecule has 0 aliphatic carbocycles. The summed E-state index contributed by atoms with van der Waals surface area (Å²) in [5.41, 5.74) is 13.2. The summed E-state index contributed by atoms with van der Waals surface area (Å²) >= 11 is 0. The molecule has 25 heavy (non-hydrogen) atoms. The molecule has 0 saturated heterocycles. The average Bonchev–Trinajstić information content (AvgIpc) is 2.59. The van der Waals surface area contributed by atoms with Crippen LogP contribution >= 0.6 is 0 Å². The van der Waals surface area contributed by atoms with Crippen LogP contribution < -0.4 is 10.6 Å². The molecule has 0 saturated carbocycles. The third kappa shape index (κ3) is 4.28. The topological polar surface area (TPSA) is 29.3 Å². The highest BCUT2D eigenvalue weighted by Crippen LogP contribution is 2.34. The third-order valence-electron chi connectivity index (χ3n) is 4.34. The van der Waals surface area contributed by atoms with E-state index in [1.54, 1.807) is 0 Å².